The standard InChI is InChI=1S/C30H36N6O3/c1-33-10-4-7-24(20-33)39-30-31-27-21-36(28-19-23(38)18-22-6-2-3-8-25(22)28)12-9-26(27)29(32-30)35-15-13-34(14-16-35)11-5-17-37/h2-3,5-6,8,11,17-19,24,38H,4,7,9-10,12-16,20-21H2,1H3/t24-/m0/s1. The van der Waals surface area contributed by atoms with Gasteiger partial charge < -0.3 is 29.4 Å². The number of carbonyl (C=O) groups excluding carboxylic acids is 1. The minimum atomic E-state index is 0.0784. The van der Waals surface area contributed by atoms with Gasteiger partial charge in [0.15, 0.2) is 0 Å². The third kappa shape index (κ3) is 5.49. The number of hydrogen-bond donors (Lipinski definition) is 1. The maximum absolute atomic E-state index is 10.8. The molecule has 3 aromatic rings. The highest BCUT2D eigenvalue weighted by molar-refractivity contribution is 5.95. The van der Waals surface area contributed by atoms with E-state index in [9.17, 15) is 9.90 Å². The van der Waals surface area contributed by atoms with E-state index in [0.717, 1.165) is 99.3 Å². The summed E-state index contributed by atoms with van der Waals surface area (Å²) in [4.78, 5) is 29.9. The lowest BCUT2D eigenvalue weighted by atomic mass is 10.0. The van der Waals surface area contributed by atoms with Crippen molar-refractivity contribution in [3.63, 3.8) is 0 Å². The molecule has 9 nitrogen and oxygen atoms in total. The highest BCUT2D eigenvalue weighted by Crippen LogP contribution is 2.36. The predicted octanol–water partition coefficient (Wildman–Crippen LogP) is 3.21. The average molecular weight is 529 g/mol. The van der Waals surface area contributed by atoms with Crippen molar-refractivity contribution in [2.24, 2.45) is 0 Å². The van der Waals surface area contributed by atoms with Gasteiger partial charge in [0.1, 0.15) is 24.0 Å². The second kappa shape index (κ2) is 11.1. The summed E-state index contributed by atoms with van der Waals surface area (Å²) >= 11 is 0. The van der Waals surface area contributed by atoms with Gasteiger partial charge in [-0.15, -0.1) is 0 Å². The molecule has 0 saturated carbocycles. The number of aromatic nitrogens is 2. The van der Waals surface area contributed by atoms with Crippen molar-refractivity contribution in [2.45, 2.75) is 31.9 Å². The minimum absolute atomic E-state index is 0.0784. The van der Waals surface area contributed by atoms with Crippen molar-refractivity contribution in [1.29, 1.82) is 0 Å². The van der Waals surface area contributed by atoms with Gasteiger partial charge in [0.05, 0.1) is 12.2 Å². The second-order valence-corrected chi connectivity index (χ2v) is 10.8. The summed E-state index contributed by atoms with van der Waals surface area (Å²) in [5.41, 5.74) is 3.19. The van der Waals surface area contributed by atoms with Gasteiger partial charge in [-0.2, -0.15) is 9.97 Å². The zero-order valence-corrected chi connectivity index (χ0v) is 22.5. The van der Waals surface area contributed by atoms with E-state index in [1.807, 2.05) is 36.5 Å². The Hall–Kier alpha value is -3.85. The molecular weight excluding hydrogens is 492 g/mol. The van der Waals surface area contributed by atoms with Gasteiger partial charge in [0, 0.05) is 68.2 Å². The monoisotopic (exact) mass is 528 g/mol. The van der Waals surface area contributed by atoms with E-state index in [4.69, 9.17) is 14.7 Å². The van der Waals surface area contributed by atoms with Crippen LogP contribution in [0.3, 0.4) is 0 Å². The summed E-state index contributed by atoms with van der Waals surface area (Å²) < 4.78 is 6.42. The number of nitrogens with zero attached hydrogens (tertiary/aromatic N) is 6. The number of aldehydes is 1. The van der Waals surface area contributed by atoms with Crippen molar-refractivity contribution < 1.29 is 14.6 Å². The Morgan fingerprint density at radius 2 is 1.87 bits per heavy atom. The molecule has 1 atom stereocenters. The molecule has 0 spiro atoms. The first-order chi connectivity index (χ1) is 19.1. The molecule has 0 radical (unpaired) electrons. The number of benzene rings is 2. The highest BCUT2D eigenvalue weighted by atomic mass is 16.5. The van der Waals surface area contributed by atoms with Gasteiger partial charge in [-0.1, -0.05) is 24.3 Å². The van der Waals surface area contributed by atoms with Crippen LogP contribution in [0.5, 0.6) is 11.8 Å². The van der Waals surface area contributed by atoms with Gasteiger partial charge in [0.2, 0.25) is 0 Å². The summed E-state index contributed by atoms with van der Waals surface area (Å²) in [6.45, 7) is 6.69. The number of carbonyl (C=O) groups is 1. The number of likely N-dealkylation sites (tertiary alicyclic amines) is 1. The zero-order chi connectivity index (χ0) is 26.8. The molecule has 2 aromatic carbocycles. The maximum Gasteiger partial charge on any atom is 0.318 e. The van der Waals surface area contributed by atoms with Gasteiger partial charge in [-0.05, 0) is 50.4 Å². The molecule has 0 unspecified atom stereocenters. The Morgan fingerprint density at radius 3 is 2.69 bits per heavy atom. The fourth-order valence-corrected chi connectivity index (χ4v) is 6.05. The molecule has 2 saturated heterocycles. The Kier molecular flexibility index (Phi) is 7.24. The Bertz CT molecular complexity index is 1370. The second-order valence-electron chi connectivity index (χ2n) is 10.8. The number of aromatic hydroxyl groups is 1. The molecule has 6 rings (SSSR count). The van der Waals surface area contributed by atoms with E-state index in [-0.39, 0.29) is 11.9 Å². The normalized spacial score (nSPS) is 20.4. The molecule has 4 heterocycles. The zero-order valence-electron chi connectivity index (χ0n) is 22.5. The van der Waals surface area contributed by atoms with Crippen LogP contribution in [-0.2, 0) is 17.8 Å². The number of phenolic OH excluding ortho intramolecular Hbond substituents is 1. The molecule has 204 valence electrons. The fraction of sp³-hybridized carbons (Fsp3) is 0.433. The van der Waals surface area contributed by atoms with Crippen LogP contribution in [0, 0.1) is 0 Å². The van der Waals surface area contributed by atoms with Crippen LogP contribution in [0.1, 0.15) is 24.1 Å². The summed E-state index contributed by atoms with van der Waals surface area (Å²) in [5, 5.41) is 12.6. The molecule has 3 aliphatic heterocycles. The molecule has 0 aliphatic carbocycles. The van der Waals surface area contributed by atoms with Crippen LogP contribution in [0.25, 0.3) is 10.8 Å². The van der Waals surface area contributed by atoms with E-state index in [0.29, 0.717) is 12.6 Å². The van der Waals surface area contributed by atoms with Crippen molar-refractivity contribution in [3.05, 3.63) is 59.9 Å². The van der Waals surface area contributed by atoms with E-state index in [1.165, 1.54) is 5.56 Å². The Labute approximate surface area is 229 Å². The fourth-order valence-electron chi connectivity index (χ4n) is 6.05. The summed E-state index contributed by atoms with van der Waals surface area (Å²) in [5.74, 6) is 1.24. The molecule has 1 N–H and O–H groups in total. The van der Waals surface area contributed by atoms with Gasteiger partial charge >= 0.3 is 6.01 Å². The first-order valence-electron chi connectivity index (χ1n) is 13.9. The molecule has 9 heteroatoms. The summed E-state index contributed by atoms with van der Waals surface area (Å²) in [7, 11) is 2.13. The largest absolute Gasteiger partial charge is 0.508 e. The average Bonchev–Trinajstić information content (AvgIpc) is 2.95. The molecule has 0 amide bonds. The lowest BCUT2D eigenvalue weighted by molar-refractivity contribution is -0.104. The number of hydrogen-bond acceptors (Lipinski definition) is 9. The Balaban J connectivity index is 1.32. The third-order valence-corrected chi connectivity index (χ3v) is 8.03. The number of allylic oxidation sites excluding steroid dienone is 1. The maximum atomic E-state index is 10.8. The van der Waals surface area contributed by atoms with Gasteiger partial charge in [-0.3, -0.25) is 4.79 Å². The molecule has 2 fully saturated rings. The van der Waals surface area contributed by atoms with E-state index in [1.54, 1.807) is 6.08 Å². The van der Waals surface area contributed by atoms with Crippen molar-refractivity contribution >= 4 is 28.6 Å². The first-order valence-corrected chi connectivity index (χ1v) is 13.9. The first kappa shape index (κ1) is 25.4. The van der Waals surface area contributed by atoms with Gasteiger partial charge in [0.25, 0.3) is 0 Å². The number of likely N-dealkylation sites (N-methyl/N-ethyl adjacent to an activating group) is 1. The number of piperazine rings is 1. The van der Waals surface area contributed by atoms with E-state index >= 15 is 0 Å². The SMILES string of the molecule is CN1CCC[C@H](Oc2nc3c(c(N4CCN(C=CC=O)CC4)n2)CCN(c2cc(O)cc4ccccc24)C3)C1. The van der Waals surface area contributed by atoms with Crippen LogP contribution in [0.4, 0.5) is 11.5 Å². The Morgan fingerprint density at radius 1 is 1.03 bits per heavy atom. The van der Waals surface area contributed by atoms with Crippen molar-refractivity contribution in [1.82, 2.24) is 19.8 Å². The van der Waals surface area contributed by atoms with Crippen LogP contribution in [0.15, 0.2) is 48.7 Å². The van der Waals surface area contributed by atoms with Crippen molar-refractivity contribution in [3.8, 4) is 11.8 Å². The smallest absolute Gasteiger partial charge is 0.318 e. The lowest BCUT2D eigenvalue weighted by Gasteiger charge is -2.38. The number of ether oxygens (including phenoxy) is 1. The van der Waals surface area contributed by atoms with Crippen molar-refractivity contribution in [2.75, 3.05) is 62.7 Å². The van der Waals surface area contributed by atoms with Crippen LogP contribution in [-0.4, -0.2) is 90.1 Å². The lowest BCUT2D eigenvalue weighted by Crippen LogP contribution is -2.45. The quantitative estimate of drug-likeness (QED) is 0.383. The summed E-state index contributed by atoms with van der Waals surface area (Å²) in [6, 6.07) is 12.3. The number of piperidine rings is 1. The summed E-state index contributed by atoms with van der Waals surface area (Å²) in [6.07, 6.45) is 7.24. The third-order valence-electron chi connectivity index (χ3n) is 8.03. The van der Waals surface area contributed by atoms with Gasteiger partial charge in [-0.25, -0.2) is 0 Å². The number of phenols is 1. The van der Waals surface area contributed by atoms with Crippen LogP contribution < -0.4 is 14.5 Å². The van der Waals surface area contributed by atoms with E-state index in [2.05, 4.69) is 32.7 Å². The predicted molar refractivity (Wildman–Crippen MR) is 153 cm³/mol. The van der Waals surface area contributed by atoms with E-state index < -0.39 is 0 Å². The molecule has 0 bridgehead atoms. The molecule has 3 aliphatic rings. The topological polar surface area (TPSA) is 85.3 Å². The number of fused-ring (bicyclic) bond motifs is 2. The number of anilines is 2. The molecular formula is C30H36N6O3. The molecule has 1 aromatic heterocycles. The van der Waals surface area contributed by atoms with Crippen LogP contribution in [0.2, 0.25) is 0 Å². The minimum Gasteiger partial charge on any atom is -0.508 e. The number of rotatable bonds is 6. The van der Waals surface area contributed by atoms with Crippen LogP contribution >= 0.6 is 0 Å². The molecule has 39 heavy (non-hydrogen) atoms. The highest BCUT2D eigenvalue weighted by Gasteiger charge is 2.29.